The van der Waals surface area contributed by atoms with Crippen molar-refractivity contribution >= 4 is 29.8 Å². The molecule has 0 bridgehead atoms. The van der Waals surface area contributed by atoms with Crippen LogP contribution in [0.4, 0.5) is 17.2 Å². The molecule has 0 spiro atoms. The highest BCUT2D eigenvalue weighted by molar-refractivity contribution is 6.62. The molecular weight excluding hydrogens is 301 g/mol. The summed E-state index contributed by atoms with van der Waals surface area (Å²) in [4.78, 5) is 4.42. The van der Waals surface area contributed by atoms with E-state index in [1.165, 1.54) is 0 Å². The van der Waals surface area contributed by atoms with Gasteiger partial charge in [-0.15, -0.1) is 0 Å². The summed E-state index contributed by atoms with van der Waals surface area (Å²) >= 11 is 0. The van der Waals surface area contributed by atoms with Crippen molar-refractivity contribution in [2.24, 2.45) is 0 Å². The van der Waals surface area contributed by atoms with Gasteiger partial charge in [0.2, 0.25) is 0 Å². The predicted molar refractivity (Wildman–Crippen MR) is 97.0 cm³/mol. The van der Waals surface area contributed by atoms with E-state index in [4.69, 9.17) is 9.31 Å². The summed E-state index contributed by atoms with van der Waals surface area (Å²) in [6.07, 6.45) is 1.80. The van der Waals surface area contributed by atoms with Gasteiger partial charge in [-0.2, -0.15) is 0 Å². The molecule has 1 fully saturated rings. The second kappa shape index (κ2) is 5.23. The first-order valence-corrected chi connectivity index (χ1v) is 8.30. The zero-order valence-corrected chi connectivity index (χ0v) is 14.5. The molecule has 1 aromatic carbocycles. The highest BCUT2D eigenvalue weighted by Crippen LogP contribution is 2.37. The smallest absolute Gasteiger partial charge is 0.399 e. The van der Waals surface area contributed by atoms with Crippen LogP contribution in [0.15, 0.2) is 36.5 Å². The maximum atomic E-state index is 6.15. The Morgan fingerprint density at radius 2 is 1.79 bits per heavy atom. The lowest BCUT2D eigenvalue weighted by Crippen LogP contribution is -2.41. The van der Waals surface area contributed by atoms with Gasteiger partial charge in [0.1, 0.15) is 5.82 Å². The predicted octanol–water partition coefficient (Wildman–Crippen LogP) is 3.05. The van der Waals surface area contributed by atoms with Gasteiger partial charge < -0.3 is 19.9 Å². The normalized spacial score (nSPS) is 20.4. The number of fused-ring (bicyclic) bond motifs is 2. The van der Waals surface area contributed by atoms with Crippen LogP contribution in [0.25, 0.3) is 0 Å². The van der Waals surface area contributed by atoms with Gasteiger partial charge in [0, 0.05) is 18.3 Å². The Balaban J connectivity index is 1.64. The minimum atomic E-state index is -0.356. The van der Waals surface area contributed by atoms with Gasteiger partial charge in [-0.3, -0.25) is 0 Å². The standard InChI is InChI=1S/C18H22BN3O2/c1-17(2)18(3,4)24-19(23-17)13-7-8-14-15(10-13)21-11-12-6-5-9-20-16(12)22-14/h5-10,21H,11H2,1-4H3,(H,20,22). The van der Waals surface area contributed by atoms with E-state index in [0.717, 1.165) is 34.8 Å². The minimum Gasteiger partial charge on any atom is -0.399 e. The van der Waals surface area contributed by atoms with Crippen LogP contribution >= 0.6 is 0 Å². The number of anilines is 3. The third kappa shape index (κ3) is 2.46. The van der Waals surface area contributed by atoms with Gasteiger partial charge in [-0.1, -0.05) is 12.1 Å². The fourth-order valence-electron chi connectivity index (χ4n) is 2.95. The van der Waals surface area contributed by atoms with Gasteiger partial charge in [0.25, 0.3) is 0 Å². The molecule has 1 aromatic heterocycles. The Bertz CT molecular complexity index is 776. The highest BCUT2D eigenvalue weighted by Gasteiger charge is 2.51. The average molecular weight is 323 g/mol. The Morgan fingerprint density at radius 1 is 1.04 bits per heavy atom. The molecule has 124 valence electrons. The van der Waals surface area contributed by atoms with Gasteiger partial charge in [0.15, 0.2) is 0 Å². The molecule has 0 unspecified atom stereocenters. The molecule has 24 heavy (non-hydrogen) atoms. The number of nitrogens with zero attached hydrogens (tertiary/aromatic N) is 1. The summed E-state index contributed by atoms with van der Waals surface area (Å²) in [5.74, 6) is 0.895. The quantitative estimate of drug-likeness (QED) is 0.790. The third-order valence-corrected chi connectivity index (χ3v) is 5.18. The summed E-state index contributed by atoms with van der Waals surface area (Å²) in [6.45, 7) is 9.00. The first-order valence-electron chi connectivity index (χ1n) is 8.30. The van der Waals surface area contributed by atoms with Crippen molar-refractivity contribution in [3.63, 3.8) is 0 Å². The molecule has 2 aliphatic rings. The van der Waals surface area contributed by atoms with Crippen LogP contribution in [0.2, 0.25) is 0 Å². The van der Waals surface area contributed by atoms with E-state index in [-0.39, 0.29) is 18.3 Å². The molecular formula is C18H22BN3O2. The lowest BCUT2D eigenvalue weighted by Gasteiger charge is -2.32. The van der Waals surface area contributed by atoms with Crippen molar-refractivity contribution < 1.29 is 9.31 Å². The number of nitrogens with one attached hydrogen (secondary N) is 2. The number of hydrogen-bond donors (Lipinski definition) is 2. The van der Waals surface area contributed by atoms with Gasteiger partial charge >= 0.3 is 7.12 Å². The molecule has 1 saturated heterocycles. The fraction of sp³-hybridized carbons (Fsp3) is 0.389. The molecule has 0 atom stereocenters. The molecule has 3 heterocycles. The van der Waals surface area contributed by atoms with E-state index in [0.29, 0.717) is 0 Å². The average Bonchev–Trinajstić information content (AvgIpc) is 2.68. The Hall–Kier alpha value is -2.05. The number of benzene rings is 1. The van der Waals surface area contributed by atoms with E-state index >= 15 is 0 Å². The summed E-state index contributed by atoms with van der Waals surface area (Å²) in [7, 11) is -0.356. The van der Waals surface area contributed by atoms with Crippen molar-refractivity contribution in [1.29, 1.82) is 0 Å². The lowest BCUT2D eigenvalue weighted by molar-refractivity contribution is 0.00578. The van der Waals surface area contributed by atoms with Crippen LogP contribution in [0.5, 0.6) is 0 Å². The maximum Gasteiger partial charge on any atom is 0.494 e. The molecule has 2 N–H and O–H groups in total. The molecule has 6 heteroatoms. The molecule has 0 aliphatic carbocycles. The molecule has 0 radical (unpaired) electrons. The van der Waals surface area contributed by atoms with Crippen LogP contribution in [0.3, 0.4) is 0 Å². The Morgan fingerprint density at radius 3 is 2.54 bits per heavy atom. The van der Waals surface area contributed by atoms with Crippen molar-refractivity contribution in [2.45, 2.75) is 45.4 Å². The van der Waals surface area contributed by atoms with Crippen molar-refractivity contribution in [1.82, 2.24) is 4.98 Å². The summed E-state index contributed by atoms with van der Waals surface area (Å²) in [5.41, 5.74) is 3.52. The first-order chi connectivity index (χ1) is 11.4. The Labute approximate surface area is 142 Å². The number of aromatic nitrogens is 1. The van der Waals surface area contributed by atoms with E-state index in [1.54, 1.807) is 6.20 Å². The zero-order valence-electron chi connectivity index (χ0n) is 14.5. The van der Waals surface area contributed by atoms with E-state index in [1.807, 2.05) is 18.2 Å². The van der Waals surface area contributed by atoms with E-state index in [9.17, 15) is 0 Å². The van der Waals surface area contributed by atoms with Crippen LogP contribution < -0.4 is 16.1 Å². The maximum absolute atomic E-state index is 6.15. The number of pyridine rings is 1. The second-order valence-electron chi connectivity index (χ2n) is 7.38. The summed E-state index contributed by atoms with van der Waals surface area (Å²) < 4.78 is 12.3. The van der Waals surface area contributed by atoms with Crippen molar-refractivity contribution in [3.8, 4) is 0 Å². The summed E-state index contributed by atoms with van der Waals surface area (Å²) in [6, 6.07) is 10.2. The fourth-order valence-corrected chi connectivity index (χ4v) is 2.95. The minimum absolute atomic E-state index is 0.337. The van der Waals surface area contributed by atoms with Crippen LogP contribution in [0.1, 0.15) is 33.3 Å². The SMILES string of the molecule is CC1(C)OB(c2ccc3c(c2)NCc2cccnc2N3)OC1(C)C. The Kier molecular flexibility index (Phi) is 3.37. The molecule has 5 nitrogen and oxygen atoms in total. The molecule has 0 amide bonds. The van der Waals surface area contributed by atoms with Crippen LogP contribution in [-0.2, 0) is 15.9 Å². The van der Waals surface area contributed by atoms with Crippen LogP contribution in [0, 0.1) is 0 Å². The second-order valence-corrected chi connectivity index (χ2v) is 7.38. The van der Waals surface area contributed by atoms with Crippen LogP contribution in [-0.4, -0.2) is 23.3 Å². The zero-order chi connectivity index (χ0) is 16.9. The first kappa shape index (κ1) is 15.5. The van der Waals surface area contributed by atoms with Gasteiger partial charge in [-0.05, 0) is 51.4 Å². The van der Waals surface area contributed by atoms with E-state index in [2.05, 4.69) is 55.4 Å². The molecule has 4 rings (SSSR count). The van der Waals surface area contributed by atoms with Crippen molar-refractivity contribution in [2.75, 3.05) is 10.6 Å². The van der Waals surface area contributed by atoms with Gasteiger partial charge in [0.05, 0.1) is 22.6 Å². The number of hydrogen-bond acceptors (Lipinski definition) is 5. The summed E-state index contributed by atoms with van der Waals surface area (Å²) in [5, 5.41) is 6.87. The monoisotopic (exact) mass is 323 g/mol. The third-order valence-electron chi connectivity index (χ3n) is 5.18. The van der Waals surface area contributed by atoms with E-state index < -0.39 is 0 Å². The highest BCUT2D eigenvalue weighted by atomic mass is 16.7. The molecule has 2 aliphatic heterocycles. The largest absolute Gasteiger partial charge is 0.494 e. The van der Waals surface area contributed by atoms with Crippen molar-refractivity contribution in [3.05, 3.63) is 42.1 Å². The molecule has 0 saturated carbocycles. The lowest BCUT2D eigenvalue weighted by atomic mass is 9.79. The van der Waals surface area contributed by atoms with Gasteiger partial charge in [-0.25, -0.2) is 4.98 Å². The molecule has 2 aromatic rings. The number of rotatable bonds is 1. The topological polar surface area (TPSA) is 55.4 Å².